The number of benzene rings is 1. The second kappa shape index (κ2) is 6.10. The number of fused-ring (bicyclic) bond motifs is 1. The largest absolute Gasteiger partial charge is 0.448 e. The van der Waals surface area contributed by atoms with E-state index in [1.807, 2.05) is 29.6 Å². The van der Waals surface area contributed by atoms with Crippen molar-refractivity contribution < 1.29 is 14.3 Å². The van der Waals surface area contributed by atoms with Crippen LogP contribution in [0.4, 0.5) is 0 Å². The molecule has 0 radical (unpaired) electrons. The predicted octanol–water partition coefficient (Wildman–Crippen LogP) is 2.19. The van der Waals surface area contributed by atoms with Crippen LogP contribution in [0.3, 0.4) is 0 Å². The van der Waals surface area contributed by atoms with Crippen LogP contribution >= 0.6 is 11.3 Å². The molecule has 1 aliphatic heterocycles. The number of nitrogens with one attached hydrogen (secondary N) is 1. The van der Waals surface area contributed by atoms with Gasteiger partial charge in [-0.1, -0.05) is 24.3 Å². The zero-order chi connectivity index (χ0) is 14.7. The van der Waals surface area contributed by atoms with E-state index in [0.717, 1.165) is 12.0 Å². The topological polar surface area (TPSA) is 55.4 Å². The molecule has 4 nitrogen and oxygen atoms in total. The molecule has 0 spiro atoms. The van der Waals surface area contributed by atoms with Crippen LogP contribution in [0.25, 0.3) is 0 Å². The summed E-state index contributed by atoms with van der Waals surface area (Å²) in [4.78, 5) is 25.2. The summed E-state index contributed by atoms with van der Waals surface area (Å²) in [6.45, 7) is 0.551. The molecule has 1 amide bonds. The van der Waals surface area contributed by atoms with Gasteiger partial charge in [-0.15, -0.1) is 11.3 Å². The molecule has 3 rings (SSSR count). The second-order valence-electron chi connectivity index (χ2n) is 4.88. The SMILES string of the molecule is O=C1O[C@@H](C(=O)NCCc2cccs2)Cc2ccccc21. The van der Waals surface area contributed by atoms with E-state index in [2.05, 4.69) is 5.32 Å². The van der Waals surface area contributed by atoms with Gasteiger partial charge in [0.15, 0.2) is 6.10 Å². The Morgan fingerprint density at radius 2 is 2.14 bits per heavy atom. The van der Waals surface area contributed by atoms with Crippen LogP contribution in [0.15, 0.2) is 41.8 Å². The zero-order valence-corrected chi connectivity index (χ0v) is 12.2. The van der Waals surface area contributed by atoms with Gasteiger partial charge in [-0.2, -0.15) is 0 Å². The average molecular weight is 301 g/mol. The van der Waals surface area contributed by atoms with Crippen LogP contribution in [-0.2, 0) is 22.4 Å². The molecule has 2 aromatic rings. The smallest absolute Gasteiger partial charge is 0.339 e. The minimum Gasteiger partial charge on any atom is -0.448 e. The molecule has 0 saturated heterocycles. The summed E-state index contributed by atoms with van der Waals surface area (Å²) in [6.07, 6.45) is 0.503. The highest BCUT2D eigenvalue weighted by Gasteiger charge is 2.30. The van der Waals surface area contributed by atoms with Crippen molar-refractivity contribution in [3.63, 3.8) is 0 Å². The molecule has 0 bridgehead atoms. The lowest BCUT2D eigenvalue weighted by Crippen LogP contribution is -2.42. The third-order valence-electron chi connectivity index (χ3n) is 3.44. The van der Waals surface area contributed by atoms with Crippen LogP contribution in [0, 0.1) is 0 Å². The van der Waals surface area contributed by atoms with Crippen molar-refractivity contribution in [2.24, 2.45) is 0 Å². The highest BCUT2D eigenvalue weighted by atomic mass is 32.1. The van der Waals surface area contributed by atoms with Gasteiger partial charge in [0.1, 0.15) is 0 Å². The first-order valence-corrected chi connectivity index (χ1v) is 7.71. The minimum atomic E-state index is -0.726. The number of amides is 1. The monoisotopic (exact) mass is 301 g/mol. The van der Waals surface area contributed by atoms with Gasteiger partial charge in [-0.05, 0) is 29.5 Å². The van der Waals surface area contributed by atoms with Crippen molar-refractivity contribution in [2.75, 3.05) is 6.54 Å². The van der Waals surface area contributed by atoms with Gasteiger partial charge >= 0.3 is 5.97 Å². The van der Waals surface area contributed by atoms with E-state index in [9.17, 15) is 9.59 Å². The van der Waals surface area contributed by atoms with Crippen LogP contribution < -0.4 is 5.32 Å². The minimum absolute atomic E-state index is 0.227. The number of ether oxygens (including phenoxy) is 1. The summed E-state index contributed by atoms with van der Waals surface area (Å²) in [5.41, 5.74) is 1.42. The molecule has 1 aromatic carbocycles. The zero-order valence-electron chi connectivity index (χ0n) is 11.4. The maximum absolute atomic E-state index is 12.1. The van der Waals surface area contributed by atoms with E-state index in [4.69, 9.17) is 4.74 Å². The van der Waals surface area contributed by atoms with E-state index in [-0.39, 0.29) is 5.91 Å². The molecular formula is C16H15NO3S. The molecule has 1 aliphatic rings. The Labute approximate surface area is 126 Å². The van der Waals surface area contributed by atoms with Crippen LogP contribution in [0.5, 0.6) is 0 Å². The van der Waals surface area contributed by atoms with Gasteiger partial charge < -0.3 is 10.1 Å². The molecule has 0 saturated carbocycles. The van der Waals surface area contributed by atoms with E-state index < -0.39 is 12.1 Å². The van der Waals surface area contributed by atoms with E-state index in [1.54, 1.807) is 23.5 Å². The maximum Gasteiger partial charge on any atom is 0.339 e. The number of carbonyl (C=O) groups excluding carboxylic acids is 2. The molecule has 21 heavy (non-hydrogen) atoms. The fraction of sp³-hybridized carbons (Fsp3) is 0.250. The van der Waals surface area contributed by atoms with E-state index in [0.29, 0.717) is 18.5 Å². The van der Waals surface area contributed by atoms with Gasteiger partial charge in [-0.3, -0.25) is 4.79 Å². The lowest BCUT2D eigenvalue weighted by atomic mass is 9.98. The van der Waals surface area contributed by atoms with E-state index in [1.165, 1.54) is 4.88 Å². The fourth-order valence-corrected chi connectivity index (χ4v) is 3.06. The van der Waals surface area contributed by atoms with Crippen molar-refractivity contribution in [2.45, 2.75) is 18.9 Å². The van der Waals surface area contributed by atoms with Gasteiger partial charge in [0, 0.05) is 17.8 Å². The van der Waals surface area contributed by atoms with Gasteiger partial charge in [0.25, 0.3) is 5.91 Å². The summed E-state index contributed by atoms with van der Waals surface area (Å²) in [5, 5.41) is 4.84. The molecule has 5 heteroatoms. The maximum atomic E-state index is 12.1. The first kappa shape index (κ1) is 13.8. The number of rotatable bonds is 4. The van der Waals surface area contributed by atoms with Gasteiger partial charge in [-0.25, -0.2) is 4.79 Å². The molecular weight excluding hydrogens is 286 g/mol. The second-order valence-corrected chi connectivity index (χ2v) is 5.91. The van der Waals surface area contributed by atoms with Crippen LogP contribution in [0.1, 0.15) is 20.8 Å². The third-order valence-corrected chi connectivity index (χ3v) is 4.37. The average Bonchev–Trinajstić information content (AvgIpc) is 3.00. The van der Waals surface area contributed by atoms with Crippen molar-refractivity contribution in [1.82, 2.24) is 5.32 Å². The lowest BCUT2D eigenvalue weighted by Gasteiger charge is -2.23. The van der Waals surface area contributed by atoms with Crippen LogP contribution in [-0.4, -0.2) is 24.5 Å². The number of thiophene rings is 1. The molecule has 0 unspecified atom stereocenters. The van der Waals surface area contributed by atoms with Crippen molar-refractivity contribution in [3.05, 3.63) is 57.8 Å². The molecule has 1 N–H and O–H groups in total. The van der Waals surface area contributed by atoms with Gasteiger partial charge in [0.05, 0.1) is 5.56 Å². The Balaban J connectivity index is 1.58. The molecule has 108 valence electrons. The Kier molecular flexibility index (Phi) is 4.01. The number of esters is 1. The lowest BCUT2D eigenvalue weighted by molar-refractivity contribution is -0.130. The number of hydrogen-bond donors (Lipinski definition) is 1. The summed E-state index contributed by atoms with van der Waals surface area (Å²) >= 11 is 1.66. The Hall–Kier alpha value is -2.14. The summed E-state index contributed by atoms with van der Waals surface area (Å²) in [6, 6.07) is 11.3. The summed E-state index contributed by atoms with van der Waals surface area (Å²) in [7, 11) is 0. The Morgan fingerprint density at radius 1 is 1.29 bits per heavy atom. The Bertz CT molecular complexity index is 651. The van der Waals surface area contributed by atoms with E-state index >= 15 is 0 Å². The predicted molar refractivity (Wildman–Crippen MR) is 80.4 cm³/mol. The molecule has 0 aliphatic carbocycles. The molecule has 1 aromatic heterocycles. The van der Waals surface area contributed by atoms with Crippen molar-refractivity contribution in [3.8, 4) is 0 Å². The first-order valence-electron chi connectivity index (χ1n) is 6.83. The van der Waals surface area contributed by atoms with Crippen molar-refractivity contribution in [1.29, 1.82) is 0 Å². The fourth-order valence-electron chi connectivity index (χ4n) is 2.36. The quantitative estimate of drug-likeness (QED) is 0.881. The number of hydrogen-bond acceptors (Lipinski definition) is 4. The summed E-state index contributed by atoms with van der Waals surface area (Å²) < 4.78 is 5.21. The molecule has 0 fully saturated rings. The highest BCUT2D eigenvalue weighted by Crippen LogP contribution is 2.20. The number of carbonyl (C=O) groups is 2. The van der Waals surface area contributed by atoms with Crippen molar-refractivity contribution >= 4 is 23.2 Å². The standard InChI is InChI=1S/C16H15NO3S/c18-15(17-8-7-12-5-3-9-21-12)14-10-11-4-1-2-6-13(11)16(19)20-14/h1-6,9,14H,7-8,10H2,(H,17,18)/t14-/m1/s1. The van der Waals surface area contributed by atoms with Gasteiger partial charge in [0.2, 0.25) is 0 Å². The number of cyclic esters (lactones) is 1. The molecule has 2 heterocycles. The van der Waals surface area contributed by atoms with Crippen LogP contribution in [0.2, 0.25) is 0 Å². The molecule has 1 atom stereocenters. The first-order chi connectivity index (χ1) is 10.2. The highest BCUT2D eigenvalue weighted by molar-refractivity contribution is 7.09. The third kappa shape index (κ3) is 3.13. The summed E-state index contributed by atoms with van der Waals surface area (Å²) in [5.74, 6) is -0.648. The Morgan fingerprint density at radius 3 is 2.95 bits per heavy atom. The normalized spacial score (nSPS) is 17.0.